The molecule has 2 N–H and O–H groups in total. The third kappa shape index (κ3) is 1.75. The van der Waals surface area contributed by atoms with Crippen LogP contribution in [0.4, 0.5) is 0 Å². The molecule has 2 heteroatoms. The Balaban J connectivity index is 2.03. The minimum atomic E-state index is 0.356. The van der Waals surface area contributed by atoms with Gasteiger partial charge in [0, 0.05) is 18.6 Å². The van der Waals surface area contributed by atoms with Gasteiger partial charge in [-0.05, 0) is 25.7 Å². The Morgan fingerprint density at radius 1 is 1.15 bits per heavy atom. The minimum absolute atomic E-state index is 0.356. The summed E-state index contributed by atoms with van der Waals surface area (Å²) in [5.74, 6) is 0. The summed E-state index contributed by atoms with van der Waals surface area (Å²) >= 11 is 0. The monoisotopic (exact) mass is 183 g/mol. The fraction of sp³-hybridized carbons (Fsp3) is 1.00. The zero-order valence-corrected chi connectivity index (χ0v) is 8.43. The molecule has 2 nitrogen and oxygen atoms in total. The van der Waals surface area contributed by atoms with Crippen molar-refractivity contribution in [3.8, 4) is 0 Å². The van der Waals surface area contributed by atoms with E-state index in [4.69, 9.17) is 10.5 Å². The molecule has 76 valence electrons. The SMILES string of the molecule is NCC1(C2CCCO2)CCCCC1. The highest BCUT2D eigenvalue weighted by molar-refractivity contribution is 4.92. The van der Waals surface area contributed by atoms with E-state index in [0.717, 1.165) is 13.2 Å². The maximum atomic E-state index is 5.94. The molecule has 0 aromatic rings. The van der Waals surface area contributed by atoms with E-state index in [-0.39, 0.29) is 0 Å². The number of ether oxygens (including phenoxy) is 1. The van der Waals surface area contributed by atoms with Gasteiger partial charge in [0.15, 0.2) is 0 Å². The topological polar surface area (TPSA) is 35.2 Å². The Hall–Kier alpha value is -0.0800. The van der Waals surface area contributed by atoms with Crippen LogP contribution in [0.25, 0.3) is 0 Å². The predicted molar refractivity (Wildman–Crippen MR) is 53.5 cm³/mol. The number of hydrogen-bond acceptors (Lipinski definition) is 2. The molecule has 1 atom stereocenters. The summed E-state index contributed by atoms with van der Waals surface area (Å²) in [6, 6.07) is 0. The summed E-state index contributed by atoms with van der Waals surface area (Å²) in [4.78, 5) is 0. The minimum Gasteiger partial charge on any atom is -0.378 e. The highest BCUT2D eigenvalue weighted by Gasteiger charge is 2.40. The fourth-order valence-corrected chi connectivity index (χ4v) is 2.97. The first kappa shape index (κ1) is 9.47. The molecule has 1 saturated heterocycles. The van der Waals surface area contributed by atoms with Crippen molar-refractivity contribution in [2.24, 2.45) is 11.1 Å². The van der Waals surface area contributed by atoms with Gasteiger partial charge in [-0.3, -0.25) is 0 Å². The molecule has 0 bridgehead atoms. The van der Waals surface area contributed by atoms with Crippen molar-refractivity contribution >= 4 is 0 Å². The van der Waals surface area contributed by atoms with Crippen LogP contribution in [-0.4, -0.2) is 19.3 Å². The van der Waals surface area contributed by atoms with Gasteiger partial charge in [0.05, 0.1) is 6.10 Å². The van der Waals surface area contributed by atoms with Crippen molar-refractivity contribution < 1.29 is 4.74 Å². The van der Waals surface area contributed by atoms with Crippen LogP contribution in [0.3, 0.4) is 0 Å². The Kier molecular flexibility index (Phi) is 2.89. The molecule has 1 aliphatic heterocycles. The molecule has 1 saturated carbocycles. The zero-order chi connectivity index (χ0) is 9.15. The second kappa shape index (κ2) is 3.97. The predicted octanol–water partition coefficient (Wildman–Crippen LogP) is 2.07. The van der Waals surface area contributed by atoms with Crippen molar-refractivity contribution in [1.29, 1.82) is 0 Å². The van der Waals surface area contributed by atoms with Crippen LogP contribution in [0.15, 0.2) is 0 Å². The summed E-state index contributed by atoms with van der Waals surface area (Å²) in [7, 11) is 0. The molecule has 2 aliphatic rings. The second-order valence-electron chi connectivity index (χ2n) is 4.63. The van der Waals surface area contributed by atoms with Crippen LogP contribution in [0.1, 0.15) is 44.9 Å². The first-order valence-corrected chi connectivity index (χ1v) is 5.69. The third-order valence-electron chi connectivity index (χ3n) is 3.87. The molecular weight excluding hydrogens is 162 g/mol. The maximum Gasteiger partial charge on any atom is 0.0644 e. The quantitative estimate of drug-likeness (QED) is 0.711. The summed E-state index contributed by atoms with van der Waals surface area (Å²) in [6.45, 7) is 1.80. The molecule has 2 fully saturated rings. The Bertz CT molecular complexity index is 157. The van der Waals surface area contributed by atoms with Crippen molar-refractivity contribution in [3.63, 3.8) is 0 Å². The van der Waals surface area contributed by atoms with Gasteiger partial charge >= 0.3 is 0 Å². The molecule has 1 unspecified atom stereocenters. The largest absolute Gasteiger partial charge is 0.378 e. The van der Waals surface area contributed by atoms with Gasteiger partial charge in [-0.2, -0.15) is 0 Å². The maximum absolute atomic E-state index is 5.94. The van der Waals surface area contributed by atoms with Gasteiger partial charge in [-0.15, -0.1) is 0 Å². The molecule has 0 amide bonds. The van der Waals surface area contributed by atoms with Crippen molar-refractivity contribution in [2.75, 3.05) is 13.2 Å². The van der Waals surface area contributed by atoms with E-state index in [2.05, 4.69) is 0 Å². The van der Waals surface area contributed by atoms with Crippen molar-refractivity contribution in [1.82, 2.24) is 0 Å². The van der Waals surface area contributed by atoms with Crippen LogP contribution >= 0.6 is 0 Å². The first-order valence-electron chi connectivity index (χ1n) is 5.69. The zero-order valence-electron chi connectivity index (χ0n) is 8.43. The van der Waals surface area contributed by atoms with Gasteiger partial charge in [-0.1, -0.05) is 19.3 Å². The summed E-state index contributed by atoms with van der Waals surface area (Å²) in [5.41, 5.74) is 6.29. The van der Waals surface area contributed by atoms with Crippen LogP contribution in [0, 0.1) is 5.41 Å². The average molecular weight is 183 g/mol. The van der Waals surface area contributed by atoms with Crippen molar-refractivity contribution in [3.05, 3.63) is 0 Å². The van der Waals surface area contributed by atoms with E-state index in [1.54, 1.807) is 0 Å². The lowest BCUT2D eigenvalue weighted by molar-refractivity contribution is -0.0184. The van der Waals surface area contributed by atoms with E-state index in [1.807, 2.05) is 0 Å². The fourth-order valence-electron chi connectivity index (χ4n) is 2.97. The Labute approximate surface area is 80.8 Å². The highest BCUT2D eigenvalue weighted by atomic mass is 16.5. The molecule has 0 aromatic heterocycles. The third-order valence-corrected chi connectivity index (χ3v) is 3.87. The first-order chi connectivity index (χ1) is 6.37. The molecule has 0 spiro atoms. The number of hydrogen-bond donors (Lipinski definition) is 1. The van der Waals surface area contributed by atoms with Gasteiger partial charge in [0.2, 0.25) is 0 Å². The lowest BCUT2D eigenvalue weighted by atomic mass is 9.69. The summed E-state index contributed by atoms with van der Waals surface area (Å²) in [6.07, 6.45) is 9.69. The molecule has 1 aliphatic carbocycles. The number of rotatable bonds is 2. The van der Waals surface area contributed by atoms with Gasteiger partial charge in [0.25, 0.3) is 0 Å². The molecule has 1 heterocycles. The van der Waals surface area contributed by atoms with E-state index < -0.39 is 0 Å². The molecular formula is C11H21NO. The Morgan fingerprint density at radius 2 is 1.92 bits per heavy atom. The van der Waals surface area contributed by atoms with Crippen LogP contribution < -0.4 is 5.73 Å². The molecule has 0 aromatic carbocycles. The van der Waals surface area contributed by atoms with Gasteiger partial charge in [0.1, 0.15) is 0 Å². The smallest absolute Gasteiger partial charge is 0.0644 e. The van der Waals surface area contributed by atoms with Crippen LogP contribution in [-0.2, 0) is 4.74 Å². The van der Waals surface area contributed by atoms with Crippen LogP contribution in [0.5, 0.6) is 0 Å². The Morgan fingerprint density at radius 3 is 2.46 bits per heavy atom. The highest BCUT2D eigenvalue weighted by Crippen LogP contribution is 2.42. The lowest BCUT2D eigenvalue weighted by Crippen LogP contribution is -2.43. The lowest BCUT2D eigenvalue weighted by Gasteiger charge is -2.40. The van der Waals surface area contributed by atoms with E-state index in [0.29, 0.717) is 11.5 Å². The van der Waals surface area contributed by atoms with Crippen molar-refractivity contribution in [2.45, 2.75) is 51.0 Å². The summed E-state index contributed by atoms with van der Waals surface area (Å²) in [5, 5.41) is 0. The standard InChI is InChI=1S/C11H21NO/c12-9-11(6-2-1-3-7-11)10-5-4-8-13-10/h10H,1-9,12H2. The van der Waals surface area contributed by atoms with Gasteiger partial charge < -0.3 is 10.5 Å². The molecule has 0 radical (unpaired) electrons. The normalized spacial score (nSPS) is 33.5. The molecule has 2 rings (SSSR count). The van der Waals surface area contributed by atoms with Gasteiger partial charge in [-0.25, -0.2) is 0 Å². The van der Waals surface area contributed by atoms with E-state index in [1.165, 1.54) is 44.9 Å². The van der Waals surface area contributed by atoms with E-state index >= 15 is 0 Å². The average Bonchev–Trinajstić information content (AvgIpc) is 2.72. The second-order valence-corrected chi connectivity index (χ2v) is 4.63. The van der Waals surface area contributed by atoms with E-state index in [9.17, 15) is 0 Å². The van der Waals surface area contributed by atoms with Crippen LogP contribution in [0.2, 0.25) is 0 Å². The number of nitrogens with two attached hydrogens (primary N) is 1. The molecule has 13 heavy (non-hydrogen) atoms. The summed E-state index contributed by atoms with van der Waals surface area (Å²) < 4.78 is 5.81.